The van der Waals surface area contributed by atoms with Crippen molar-refractivity contribution in [3.63, 3.8) is 0 Å². The molecule has 0 spiro atoms. The molecule has 0 aromatic heterocycles. The Labute approximate surface area is 154 Å². The molecule has 3 aromatic carbocycles. The number of ether oxygens (including phenoxy) is 1. The van der Waals surface area contributed by atoms with Gasteiger partial charge >= 0.3 is 0 Å². The number of aliphatic hydroxyl groups excluding tert-OH is 1. The molecular formula is C23H23NO2. The first-order valence-corrected chi connectivity index (χ1v) is 8.98. The molecule has 0 bridgehead atoms. The van der Waals surface area contributed by atoms with E-state index in [1.165, 1.54) is 16.7 Å². The lowest BCUT2D eigenvalue weighted by molar-refractivity contribution is 0.140. The van der Waals surface area contributed by atoms with E-state index in [2.05, 4.69) is 47.8 Å². The highest BCUT2D eigenvalue weighted by atomic mass is 16.5. The zero-order valence-corrected chi connectivity index (χ0v) is 14.9. The van der Waals surface area contributed by atoms with E-state index >= 15 is 0 Å². The lowest BCUT2D eigenvalue weighted by atomic mass is 10.0. The van der Waals surface area contributed by atoms with Crippen molar-refractivity contribution in [2.75, 3.05) is 7.11 Å². The second-order valence-electron chi connectivity index (χ2n) is 6.73. The molecular weight excluding hydrogens is 322 g/mol. The third kappa shape index (κ3) is 3.24. The second-order valence-corrected chi connectivity index (χ2v) is 6.73. The van der Waals surface area contributed by atoms with Gasteiger partial charge < -0.3 is 15.2 Å². The molecule has 1 aliphatic rings. The van der Waals surface area contributed by atoms with Crippen LogP contribution in [0.3, 0.4) is 0 Å². The molecule has 0 radical (unpaired) electrons. The van der Waals surface area contributed by atoms with Gasteiger partial charge in [0.1, 0.15) is 5.75 Å². The van der Waals surface area contributed by atoms with E-state index in [0.717, 1.165) is 29.8 Å². The van der Waals surface area contributed by atoms with Crippen LogP contribution in [0, 0.1) is 0 Å². The number of hydrogen-bond acceptors (Lipinski definition) is 3. The summed E-state index contributed by atoms with van der Waals surface area (Å²) < 4.78 is 5.45. The predicted molar refractivity (Wildman–Crippen MR) is 104 cm³/mol. The summed E-state index contributed by atoms with van der Waals surface area (Å²) in [6, 6.07) is 24.8. The second kappa shape index (κ2) is 7.32. The molecule has 2 N–H and O–H groups in total. The molecule has 3 aromatic rings. The topological polar surface area (TPSA) is 41.5 Å². The van der Waals surface area contributed by atoms with Crippen molar-refractivity contribution in [1.29, 1.82) is 0 Å². The van der Waals surface area contributed by atoms with E-state index < -0.39 is 0 Å². The van der Waals surface area contributed by atoms with E-state index in [1.54, 1.807) is 7.11 Å². The van der Waals surface area contributed by atoms with Crippen molar-refractivity contribution in [1.82, 2.24) is 5.32 Å². The van der Waals surface area contributed by atoms with Gasteiger partial charge in [0, 0.05) is 18.5 Å². The molecule has 0 saturated carbocycles. The maximum atomic E-state index is 10.4. The minimum Gasteiger partial charge on any atom is -0.496 e. The highest BCUT2D eigenvalue weighted by Crippen LogP contribution is 2.32. The van der Waals surface area contributed by atoms with Crippen LogP contribution in [0.5, 0.6) is 5.75 Å². The lowest BCUT2D eigenvalue weighted by Crippen LogP contribution is -2.28. The maximum absolute atomic E-state index is 10.4. The van der Waals surface area contributed by atoms with Gasteiger partial charge in [0.25, 0.3) is 0 Å². The fourth-order valence-electron chi connectivity index (χ4n) is 3.73. The first-order valence-electron chi connectivity index (χ1n) is 8.98. The van der Waals surface area contributed by atoms with Crippen LogP contribution >= 0.6 is 0 Å². The number of methoxy groups -OCH3 is 1. The largest absolute Gasteiger partial charge is 0.496 e. The van der Waals surface area contributed by atoms with Crippen molar-refractivity contribution in [2.45, 2.75) is 25.1 Å². The highest BCUT2D eigenvalue weighted by molar-refractivity contribution is 5.70. The third-order valence-corrected chi connectivity index (χ3v) is 5.10. The number of fused-ring (bicyclic) bond motifs is 1. The zero-order valence-electron chi connectivity index (χ0n) is 14.9. The minimum atomic E-state index is -0.361. The maximum Gasteiger partial charge on any atom is 0.126 e. The van der Waals surface area contributed by atoms with Crippen LogP contribution in [0.15, 0.2) is 72.8 Å². The van der Waals surface area contributed by atoms with Crippen LogP contribution in [0.2, 0.25) is 0 Å². The van der Waals surface area contributed by atoms with Crippen LogP contribution in [0.1, 0.15) is 22.7 Å². The summed E-state index contributed by atoms with van der Waals surface area (Å²) in [6.45, 7) is 0.724. The van der Waals surface area contributed by atoms with Crippen molar-refractivity contribution < 1.29 is 9.84 Å². The number of aliphatic hydroxyl groups is 1. The summed E-state index contributed by atoms with van der Waals surface area (Å²) in [6.07, 6.45) is 0.362. The number of benzene rings is 3. The molecule has 0 amide bonds. The Balaban J connectivity index is 1.47. The number of para-hydroxylation sites is 1. The SMILES string of the molecule is COc1ccccc1-c1ccc(CNC2c3ccccc3CC2O)cc1. The molecule has 0 aliphatic heterocycles. The Hall–Kier alpha value is -2.62. The van der Waals surface area contributed by atoms with Crippen LogP contribution in [-0.4, -0.2) is 18.3 Å². The average Bonchev–Trinajstić information content (AvgIpc) is 3.02. The summed E-state index contributed by atoms with van der Waals surface area (Å²) in [4.78, 5) is 0. The fourth-order valence-corrected chi connectivity index (χ4v) is 3.73. The van der Waals surface area contributed by atoms with Crippen LogP contribution < -0.4 is 10.1 Å². The minimum absolute atomic E-state index is 0.0000869. The first-order chi connectivity index (χ1) is 12.8. The quantitative estimate of drug-likeness (QED) is 0.731. The normalized spacial score (nSPS) is 18.5. The Kier molecular flexibility index (Phi) is 4.74. The van der Waals surface area contributed by atoms with E-state index in [9.17, 15) is 5.11 Å². The zero-order chi connectivity index (χ0) is 17.9. The summed E-state index contributed by atoms with van der Waals surface area (Å²) in [5.74, 6) is 0.879. The molecule has 2 unspecified atom stereocenters. The van der Waals surface area contributed by atoms with E-state index in [-0.39, 0.29) is 12.1 Å². The molecule has 4 rings (SSSR count). The molecule has 132 valence electrons. The molecule has 0 heterocycles. The van der Waals surface area contributed by atoms with Crippen LogP contribution in [0.25, 0.3) is 11.1 Å². The third-order valence-electron chi connectivity index (χ3n) is 5.10. The number of nitrogens with one attached hydrogen (secondary N) is 1. The van der Waals surface area contributed by atoms with Crippen LogP contribution in [0.4, 0.5) is 0 Å². The molecule has 1 aliphatic carbocycles. The Bertz CT molecular complexity index is 889. The molecule has 3 nitrogen and oxygen atoms in total. The van der Waals surface area contributed by atoms with E-state index in [0.29, 0.717) is 0 Å². The van der Waals surface area contributed by atoms with Gasteiger partial charge in [-0.05, 0) is 28.3 Å². The number of rotatable bonds is 5. The summed E-state index contributed by atoms with van der Waals surface area (Å²) >= 11 is 0. The van der Waals surface area contributed by atoms with Gasteiger partial charge in [0.05, 0.1) is 19.3 Å². The van der Waals surface area contributed by atoms with Gasteiger partial charge in [-0.15, -0.1) is 0 Å². The molecule has 3 heteroatoms. The Morgan fingerprint density at radius 3 is 2.50 bits per heavy atom. The Morgan fingerprint density at radius 1 is 0.962 bits per heavy atom. The van der Waals surface area contributed by atoms with Gasteiger partial charge in [0.15, 0.2) is 0 Å². The van der Waals surface area contributed by atoms with Gasteiger partial charge in [-0.1, -0.05) is 66.7 Å². The average molecular weight is 345 g/mol. The highest BCUT2D eigenvalue weighted by Gasteiger charge is 2.29. The lowest BCUT2D eigenvalue weighted by Gasteiger charge is -2.18. The smallest absolute Gasteiger partial charge is 0.126 e. The molecule has 2 atom stereocenters. The van der Waals surface area contributed by atoms with Crippen molar-refractivity contribution in [3.05, 3.63) is 89.5 Å². The van der Waals surface area contributed by atoms with Crippen molar-refractivity contribution >= 4 is 0 Å². The standard InChI is InChI=1S/C23H23NO2/c1-26-22-9-5-4-7-19(22)17-12-10-16(11-13-17)15-24-23-20-8-3-2-6-18(20)14-21(23)25/h2-13,21,23-25H,14-15H2,1H3. The van der Waals surface area contributed by atoms with Gasteiger partial charge in [-0.25, -0.2) is 0 Å². The van der Waals surface area contributed by atoms with Gasteiger partial charge in [-0.2, -0.15) is 0 Å². The van der Waals surface area contributed by atoms with E-state index in [1.807, 2.05) is 30.3 Å². The van der Waals surface area contributed by atoms with Gasteiger partial charge in [0.2, 0.25) is 0 Å². The molecule has 0 saturated heterocycles. The van der Waals surface area contributed by atoms with Crippen molar-refractivity contribution in [3.8, 4) is 16.9 Å². The predicted octanol–water partition coefficient (Wildman–Crippen LogP) is 4.11. The van der Waals surface area contributed by atoms with Crippen molar-refractivity contribution in [2.24, 2.45) is 0 Å². The molecule has 0 fully saturated rings. The monoisotopic (exact) mass is 345 g/mol. The van der Waals surface area contributed by atoms with Gasteiger partial charge in [-0.3, -0.25) is 0 Å². The summed E-state index contributed by atoms with van der Waals surface area (Å²) in [5, 5.41) is 13.9. The van der Waals surface area contributed by atoms with Crippen LogP contribution in [-0.2, 0) is 13.0 Å². The molecule has 26 heavy (non-hydrogen) atoms. The summed E-state index contributed by atoms with van der Waals surface area (Å²) in [7, 11) is 1.70. The number of hydrogen-bond donors (Lipinski definition) is 2. The fraction of sp³-hybridized carbons (Fsp3) is 0.217. The first kappa shape index (κ1) is 16.8. The summed E-state index contributed by atoms with van der Waals surface area (Å²) in [5.41, 5.74) is 5.88. The van der Waals surface area contributed by atoms with E-state index in [4.69, 9.17) is 4.74 Å². The Morgan fingerprint density at radius 2 is 1.69 bits per heavy atom.